The van der Waals surface area contributed by atoms with E-state index in [9.17, 15) is 19.3 Å². The van der Waals surface area contributed by atoms with Crippen molar-refractivity contribution in [2.45, 2.75) is 23.9 Å². The molecule has 0 saturated carbocycles. The SMILES string of the molecule is CC1=C(C(N)=O)C(c2cccc(F)c2)n2nc(SCc3ccc([N+](=O)[O-])cc3)nc2N1. The number of nitrogens with zero attached hydrogens (tertiary/aromatic N) is 4. The van der Waals surface area contributed by atoms with Gasteiger partial charge in [0.1, 0.15) is 11.9 Å². The average molecular weight is 440 g/mol. The second-order valence-electron chi connectivity index (χ2n) is 6.86. The molecule has 1 amide bonds. The highest BCUT2D eigenvalue weighted by Crippen LogP contribution is 2.36. The Hall–Kier alpha value is -3.73. The van der Waals surface area contributed by atoms with Gasteiger partial charge in [0.05, 0.1) is 10.5 Å². The predicted molar refractivity (Wildman–Crippen MR) is 113 cm³/mol. The standard InChI is InChI=1S/C20H17FN6O3S/c1-11-16(18(22)28)17(13-3-2-4-14(21)9-13)26-19(23-11)24-20(25-26)31-10-12-5-7-15(8-6-12)27(29)30/h2-9,17H,10H2,1H3,(H2,22,28)(H,23,24,25). The van der Waals surface area contributed by atoms with Crippen molar-refractivity contribution in [3.05, 3.63) is 86.9 Å². The van der Waals surface area contributed by atoms with E-state index in [1.165, 1.54) is 40.7 Å². The summed E-state index contributed by atoms with van der Waals surface area (Å²) in [6, 6.07) is 11.4. The first-order chi connectivity index (χ1) is 14.8. The van der Waals surface area contributed by atoms with Gasteiger partial charge in [-0.2, -0.15) is 4.98 Å². The van der Waals surface area contributed by atoms with Crippen molar-refractivity contribution in [1.29, 1.82) is 0 Å². The first-order valence-electron chi connectivity index (χ1n) is 9.19. The van der Waals surface area contributed by atoms with Crippen molar-refractivity contribution < 1.29 is 14.1 Å². The summed E-state index contributed by atoms with van der Waals surface area (Å²) in [5.41, 5.74) is 7.81. The van der Waals surface area contributed by atoms with Crippen LogP contribution in [0.1, 0.15) is 24.1 Å². The van der Waals surface area contributed by atoms with E-state index >= 15 is 0 Å². The number of nitrogens with one attached hydrogen (secondary N) is 1. The number of hydrogen-bond acceptors (Lipinski definition) is 7. The molecule has 2 aromatic carbocycles. The fourth-order valence-electron chi connectivity index (χ4n) is 3.36. The van der Waals surface area contributed by atoms with E-state index in [0.29, 0.717) is 28.1 Å². The number of thioether (sulfide) groups is 1. The number of nitro benzene ring substituents is 1. The number of anilines is 1. The van der Waals surface area contributed by atoms with E-state index in [0.717, 1.165) is 5.56 Å². The molecule has 2 heterocycles. The van der Waals surface area contributed by atoms with Gasteiger partial charge < -0.3 is 11.1 Å². The molecule has 158 valence electrons. The molecule has 4 rings (SSSR count). The Morgan fingerprint density at radius 1 is 1.32 bits per heavy atom. The highest BCUT2D eigenvalue weighted by atomic mass is 32.2. The molecule has 1 aromatic heterocycles. The largest absolute Gasteiger partial charge is 0.366 e. The lowest BCUT2D eigenvalue weighted by molar-refractivity contribution is -0.384. The molecule has 1 aliphatic rings. The number of amides is 1. The van der Waals surface area contributed by atoms with Crippen LogP contribution in [-0.2, 0) is 10.5 Å². The lowest BCUT2D eigenvalue weighted by atomic mass is 9.95. The van der Waals surface area contributed by atoms with Gasteiger partial charge in [-0.15, -0.1) is 5.10 Å². The van der Waals surface area contributed by atoms with Crippen LogP contribution in [0.15, 0.2) is 65.0 Å². The van der Waals surface area contributed by atoms with Gasteiger partial charge in [-0.3, -0.25) is 14.9 Å². The normalized spacial score (nSPS) is 15.4. The Bertz CT molecular complexity index is 1210. The van der Waals surface area contributed by atoms with E-state index in [1.54, 1.807) is 31.2 Å². The Morgan fingerprint density at radius 2 is 2.06 bits per heavy atom. The zero-order valence-electron chi connectivity index (χ0n) is 16.3. The summed E-state index contributed by atoms with van der Waals surface area (Å²) < 4.78 is 15.4. The monoisotopic (exact) mass is 440 g/mol. The quantitative estimate of drug-likeness (QED) is 0.341. The van der Waals surface area contributed by atoms with Gasteiger partial charge in [0.2, 0.25) is 17.0 Å². The molecule has 0 spiro atoms. The molecule has 3 N–H and O–H groups in total. The molecule has 31 heavy (non-hydrogen) atoms. The van der Waals surface area contributed by atoms with Crippen molar-refractivity contribution in [2.24, 2.45) is 5.73 Å². The molecule has 9 nitrogen and oxygen atoms in total. The number of non-ortho nitro benzene ring substituents is 1. The molecule has 0 bridgehead atoms. The second kappa shape index (κ2) is 8.19. The van der Waals surface area contributed by atoms with Crippen LogP contribution in [0, 0.1) is 15.9 Å². The van der Waals surface area contributed by atoms with Crippen molar-refractivity contribution in [3.8, 4) is 0 Å². The highest BCUT2D eigenvalue weighted by molar-refractivity contribution is 7.98. The third-order valence-electron chi connectivity index (χ3n) is 4.78. The second-order valence-corrected chi connectivity index (χ2v) is 7.80. The number of nitrogens with two attached hydrogens (primary N) is 1. The Morgan fingerprint density at radius 3 is 2.71 bits per heavy atom. The smallest absolute Gasteiger partial charge is 0.269 e. The topological polar surface area (TPSA) is 129 Å². The van der Waals surface area contributed by atoms with Crippen LogP contribution in [0.25, 0.3) is 0 Å². The van der Waals surface area contributed by atoms with E-state index in [4.69, 9.17) is 5.73 Å². The van der Waals surface area contributed by atoms with Gasteiger partial charge >= 0.3 is 0 Å². The maximum atomic E-state index is 13.9. The average Bonchev–Trinajstić information content (AvgIpc) is 3.13. The number of allylic oxidation sites excluding steroid dienone is 1. The molecular formula is C20H17FN6O3S. The zero-order valence-corrected chi connectivity index (χ0v) is 17.1. The fourth-order valence-corrected chi connectivity index (χ4v) is 4.14. The number of nitro groups is 1. The first-order valence-corrected chi connectivity index (χ1v) is 10.2. The van der Waals surface area contributed by atoms with E-state index in [1.807, 2.05) is 0 Å². The summed E-state index contributed by atoms with van der Waals surface area (Å²) in [6.45, 7) is 1.70. The highest BCUT2D eigenvalue weighted by Gasteiger charge is 2.33. The minimum absolute atomic E-state index is 0.0204. The maximum absolute atomic E-state index is 13.9. The van der Waals surface area contributed by atoms with Crippen LogP contribution >= 0.6 is 11.8 Å². The minimum Gasteiger partial charge on any atom is -0.366 e. The Labute approximate surface area is 180 Å². The first kappa shape index (κ1) is 20.5. The van der Waals surface area contributed by atoms with Crippen LogP contribution in [0.2, 0.25) is 0 Å². The van der Waals surface area contributed by atoms with Crippen LogP contribution in [0.3, 0.4) is 0 Å². The van der Waals surface area contributed by atoms with Gasteiger partial charge in [0.15, 0.2) is 0 Å². The van der Waals surface area contributed by atoms with Gasteiger partial charge in [-0.1, -0.05) is 36.0 Å². The Balaban J connectivity index is 1.63. The summed E-state index contributed by atoms with van der Waals surface area (Å²) in [7, 11) is 0. The molecule has 0 saturated heterocycles. The number of carbonyl (C=O) groups excluding carboxylic acids is 1. The van der Waals surface area contributed by atoms with Crippen LogP contribution < -0.4 is 11.1 Å². The number of benzene rings is 2. The maximum Gasteiger partial charge on any atom is 0.269 e. The minimum atomic E-state index is -0.717. The van der Waals surface area contributed by atoms with E-state index in [2.05, 4.69) is 15.4 Å². The zero-order chi connectivity index (χ0) is 22.1. The van der Waals surface area contributed by atoms with Crippen molar-refractivity contribution in [3.63, 3.8) is 0 Å². The molecule has 0 aliphatic carbocycles. The van der Waals surface area contributed by atoms with E-state index in [-0.39, 0.29) is 11.3 Å². The number of aromatic nitrogens is 3. The third kappa shape index (κ3) is 4.12. The summed E-state index contributed by atoms with van der Waals surface area (Å²) in [6.07, 6.45) is 0. The number of halogens is 1. The van der Waals surface area contributed by atoms with Gasteiger partial charge in [-0.25, -0.2) is 9.07 Å². The van der Waals surface area contributed by atoms with Gasteiger partial charge in [0.25, 0.3) is 5.69 Å². The Kier molecular flexibility index (Phi) is 5.42. The molecule has 0 fully saturated rings. The number of primary amides is 1. The summed E-state index contributed by atoms with van der Waals surface area (Å²) in [5, 5.41) is 18.7. The number of hydrogen-bond donors (Lipinski definition) is 2. The fraction of sp³-hybridized carbons (Fsp3) is 0.150. The molecule has 11 heteroatoms. The number of rotatable bonds is 6. The van der Waals surface area contributed by atoms with Crippen molar-refractivity contribution in [2.75, 3.05) is 5.32 Å². The molecule has 1 atom stereocenters. The number of carbonyl (C=O) groups is 1. The molecule has 3 aromatic rings. The lowest BCUT2D eigenvalue weighted by Crippen LogP contribution is -2.31. The van der Waals surface area contributed by atoms with Gasteiger partial charge in [0, 0.05) is 23.6 Å². The van der Waals surface area contributed by atoms with Crippen LogP contribution in [-0.4, -0.2) is 25.6 Å². The predicted octanol–water partition coefficient (Wildman–Crippen LogP) is 3.39. The third-order valence-corrected chi connectivity index (χ3v) is 5.69. The van der Waals surface area contributed by atoms with Crippen molar-refractivity contribution in [1.82, 2.24) is 14.8 Å². The lowest BCUT2D eigenvalue weighted by Gasteiger charge is -2.27. The summed E-state index contributed by atoms with van der Waals surface area (Å²) >= 11 is 1.33. The summed E-state index contributed by atoms with van der Waals surface area (Å²) in [4.78, 5) is 27.0. The van der Waals surface area contributed by atoms with Crippen molar-refractivity contribution >= 4 is 29.3 Å². The molecule has 0 radical (unpaired) electrons. The number of fused-ring (bicyclic) bond motifs is 1. The molecule has 1 aliphatic heterocycles. The molecular weight excluding hydrogens is 423 g/mol. The van der Waals surface area contributed by atoms with Crippen LogP contribution in [0.5, 0.6) is 0 Å². The molecule has 1 unspecified atom stereocenters. The van der Waals surface area contributed by atoms with Gasteiger partial charge in [-0.05, 0) is 30.2 Å². The van der Waals surface area contributed by atoms with Crippen LogP contribution in [0.4, 0.5) is 16.0 Å². The summed E-state index contributed by atoms with van der Waals surface area (Å²) in [5.74, 6) is -0.184. The van der Waals surface area contributed by atoms with E-state index < -0.39 is 22.7 Å².